The molecule has 9 nitrogen and oxygen atoms in total. The first-order valence-corrected chi connectivity index (χ1v) is 13.6. The zero-order chi connectivity index (χ0) is 28.9. The number of esters is 1. The molecule has 0 radical (unpaired) electrons. The van der Waals surface area contributed by atoms with Gasteiger partial charge in [0.25, 0.3) is 5.56 Å². The number of carbonyl (C=O) groups is 2. The Morgan fingerprint density at radius 2 is 1.78 bits per heavy atom. The summed E-state index contributed by atoms with van der Waals surface area (Å²) in [6, 6.07) is 22.5. The molecule has 0 spiro atoms. The Kier molecular flexibility index (Phi) is 8.11. The van der Waals surface area contributed by atoms with Crippen LogP contribution in [-0.4, -0.2) is 41.9 Å². The summed E-state index contributed by atoms with van der Waals surface area (Å²) in [6.45, 7) is 1.40. The summed E-state index contributed by atoms with van der Waals surface area (Å²) in [6.07, 6.45) is 1.69. The Labute approximate surface area is 238 Å². The molecule has 0 amide bonds. The molecule has 5 rings (SSSR count). The van der Waals surface area contributed by atoms with E-state index in [1.807, 2.05) is 36.4 Å². The first-order chi connectivity index (χ1) is 19.9. The SMILES string of the molecule is CCOC(=O)C1=C(c2ccccc2)N=c2s/c(=C\c3cccc(OCC(=O)O)c3)c(=O)n2[C@@H]1c1cccc(OC)c1. The Morgan fingerprint density at radius 1 is 1.02 bits per heavy atom. The normalized spacial score (nSPS) is 14.7. The van der Waals surface area contributed by atoms with Crippen LogP contribution < -0.4 is 24.4 Å². The minimum absolute atomic E-state index is 0.153. The minimum Gasteiger partial charge on any atom is -0.497 e. The highest BCUT2D eigenvalue weighted by atomic mass is 32.1. The van der Waals surface area contributed by atoms with E-state index in [4.69, 9.17) is 24.3 Å². The van der Waals surface area contributed by atoms with E-state index in [1.165, 1.54) is 15.9 Å². The molecule has 1 N–H and O–H groups in total. The van der Waals surface area contributed by atoms with E-state index in [-0.39, 0.29) is 17.7 Å². The largest absolute Gasteiger partial charge is 0.497 e. The van der Waals surface area contributed by atoms with E-state index in [0.717, 1.165) is 0 Å². The number of aromatic nitrogens is 1. The van der Waals surface area contributed by atoms with Gasteiger partial charge in [0.2, 0.25) is 0 Å². The Hall–Kier alpha value is -4.96. The van der Waals surface area contributed by atoms with Crippen LogP contribution in [0.25, 0.3) is 11.8 Å². The number of hydrogen-bond donors (Lipinski definition) is 1. The number of hydrogen-bond acceptors (Lipinski definition) is 8. The van der Waals surface area contributed by atoms with E-state index < -0.39 is 24.6 Å². The number of aliphatic carboxylic acids is 1. The van der Waals surface area contributed by atoms with Crippen molar-refractivity contribution in [2.75, 3.05) is 20.3 Å². The van der Waals surface area contributed by atoms with Crippen LogP contribution in [0.5, 0.6) is 11.5 Å². The number of benzene rings is 3. The quantitative estimate of drug-likeness (QED) is 0.307. The van der Waals surface area contributed by atoms with Gasteiger partial charge < -0.3 is 19.3 Å². The lowest BCUT2D eigenvalue weighted by atomic mass is 9.93. The van der Waals surface area contributed by atoms with E-state index in [9.17, 15) is 14.4 Å². The number of nitrogens with zero attached hydrogens (tertiary/aromatic N) is 2. The number of methoxy groups -OCH3 is 1. The van der Waals surface area contributed by atoms with E-state index in [1.54, 1.807) is 62.6 Å². The Morgan fingerprint density at radius 3 is 2.51 bits per heavy atom. The van der Waals surface area contributed by atoms with Crippen molar-refractivity contribution < 1.29 is 28.9 Å². The monoisotopic (exact) mass is 570 g/mol. The van der Waals surface area contributed by atoms with Crippen LogP contribution in [0.2, 0.25) is 0 Å². The highest BCUT2D eigenvalue weighted by molar-refractivity contribution is 7.07. The fourth-order valence-electron chi connectivity index (χ4n) is 4.56. The second-order valence-electron chi connectivity index (χ2n) is 8.96. The van der Waals surface area contributed by atoms with Gasteiger partial charge in [-0.3, -0.25) is 9.36 Å². The molecule has 1 aliphatic heterocycles. The standard InChI is InChI=1S/C31H26N2O7S/c1-3-39-30(37)26-27(20-10-5-4-6-11-20)32-31-33(28(26)21-12-8-13-22(17-21)38-2)29(36)24(41-31)16-19-9-7-14-23(15-19)40-18-25(34)35/h4-17,28H,3,18H2,1-2H3,(H,34,35)/b24-16-/t28-/m1/s1. The Balaban J connectivity index is 1.75. The topological polar surface area (TPSA) is 116 Å². The van der Waals surface area contributed by atoms with Gasteiger partial charge in [-0.05, 0) is 48.4 Å². The maximum absolute atomic E-state index is 14.0. The second-order valence-corrected chi connectivity index (χ2v) is 9.97. The third-order valence-electron chi connectivity index (χ3n) is 6.30. The predicted molar refractivity (Wildman–Crippen MR) is 154 cm³/mol. The molecule has 10 heteroatoms. The van der Waals surface area contributed by atoms with Crippen molar-refractivity contribution in [1.82, 2.24) is 4.57 Å². The molecule has 1 aliphatic rings. The highest BCUT2D eigenvalue weighted by Crippen LogP contribution is 2.36. The summed E-state index contributed by atoms with van der Waals surface area (Å²) in [7, 11) is 1.55. The van der Waals surface area contributed by atoms with Gasteiger partial charge in [0.05, 0.1) is 35.6 Å². The van der Waals surface area contributed by atoms with Gasteiger partial charge in [0, 0.05) is 5.56 Å². The number of thiazole rings is 1. The van der Waals surface area contributed by atoms with Crippen LogP contribution in [0.1, 0.15) is 29.7 Å². The molecule has 1 atom stereocenters. The van der Waals surface area contributed by atoms with Gasteiger partial charge in [-0.1, -0.05) is 65.9 Å². The molecular formula is C31H26N2O7S. The van der Waals surface area contributed by atoms with Crippen LogP contribution in [-0.2, 0) is 14.3 Å². The maximum atomic E-state index is 14.0. The van der Waals surface area contributed by atoms with Gasteiger partial charge in [0.1, 0.15) is 11.5 Å². The summed E-state index contributed by atoms with van der Waals surface area (Å²) in [5.41, 5.74) is 2.34. The van der Waals surface area contributed by atoms with Crippen molar-refractivity contribution in [1.29, 1.82) is 0 Å². The Bertz CT molecular complexity index is 1820. The summed E-state index contributed by atoms with van der Waals surface area (Å²) < 4.78 is 18.1. The fourth-order valence-corrected chi connectivity index (χ4v) is 5.56. The van der Waals surface area contributed by atoms with Gasteiger partial charge >= 0.3 is 11.9 Å². The van der Waals surface area contributed by atoms with Gasteiger partial charge in [0.15, 0.2) is 11.4 Å². The highest BCUT2D eigenvalue weighted by Gasteiger charge is 2.35. The molecule has 0 bridgehead atoms. The van der Waals surface area contributed by atoms with Gasteiger partial charge in [-0.25, -0.2) is 14.6 Å². The molecular weight excluding hydrogens is 544 g/mol. The lowest BCUT2D eigenvalue weighted by Crippen LogP contribution is -2.40. The molecule has 0 fully saturated rings. The van der Waals surface area contributed by atoms with Crippen molar-refractivity contribution in [3.63, 3.8) is 0 Å². The number of carbonyl (C=O) groups excluding carboxylic acids is 1. The summed E-state index contributed by atoms with van der Waals surface area (Å²) in [5, 5.41) is 8.93. The van der Waals surface area contributed by atoms with E-state index >= 15 is 0 Å². The smallest absolute Gasteiger partial charge is 0.341 e. The number of carboxylic acids is 1. The van der Waals surface area contributed by atoms with Crippen LogP contribution in [0.4, 0.5) is 0 Å². The average molecular weight is 571 g/mol. The molecule has 2 heterocycles. The zero-order valence-electron chi connectivity index (χ0n) is 22.3. The molecule has 208 valence electrons. The second kappa shape index (κ2) is 12.1. The van der Waals surface area contributed by atoms with Crippen molar-refractivity contribution in [3.8, 4) is 11.5 Å². The van der Waals surface area contributed by atoms with Crippen molar-refractivity contribution >= 4 is 35.0 Å². The minimum atomic E-state index is -1.09. The van der Waals surface area contributed by atoms with Crippen LogP contribution in [0.15, 0.2) is 94.2 Å². The number of fused-ring (bicyclic) bond motifs is 1. The van der Waals surface area contributed by atoms with Crippen molar-refractivity contribution in [3.05, 3.63) is 121 Å². The van der Waals surface area contributed by atoms with Crippen LogP contribution >= 0.6 is 11.3 Å². The summed E-state index contributed by atoms with van der Waals surface area (Å²) in [5.74, 6) is -0.725. The molecule has 0 saturated heterocycles. The fraction of sp³-hybridized carbons (Fsp3) is 0.161. The van der Waals surface area contributed by atoms with Crippen molar-refractivity contribution in [2.24, 2.45) is 4.99 Å². The molecule has 41 heavy (non-hydrogen) atoms. The van der Waals surface area contributed by atoms with Gasteiger partial charge in [-0.2, -0.15) is 0 Å². The molecule has 4 aromatic rings. The van der Waals surface area contributed by atoms with Crippen molar-refractivity contribution in [2.45, 2.75) is 13.0 Å². The lowest BCUT2D eigenvalue weighted by Gasteiger charge is -2.26. The third kappa shape index (κ3) is 5.82. The van der Waals surface area contributed by atoms with Gasteiger partial charge in [-0.15, -0.1) is 0 Å². The van der Waals surface area contributed by atoms with E-state index in [2.05, 4.69) is 0 Å². The molecule has 0 unspecified atom stereocenters. The molecule has 0 aliphatic carbocycles. The first kappa shape index (κ1) is 27.6. The predicted octanol–water partition coefficient (Wildman–Crippen LogP) is 3.41. The van der Waals surface area contributed by atoms with Crippen LogP contribution in [0.3, 0.4) is 0 Å². The molecule has 3 aromatic carbocycles. The number of carboxylic acid groups (broad SMARTS) is 1. The van der Waals surface area contributed by atoms with E-state index in [0.29, 0.717) is 43.2 Å². The van der Waals surface area contributed by atoms with Crippen LogP contribution in [0, 0.1) is 0 Å². The number of rotatable bonds is 9. The molecule has 1 aromatic heterocycles. The summed E-state index contributed by atoms with van der Waals surface area (Å²) >= 11 is 1.19. The summed E-state index contributed by atoms with van der Waals surface area (Å²) in [4.78, 5) is 43.7. The first-order valence-electron chi connectivity index (χ1n) is 12.8. The molecule has 0 saturated carbocycles. The number of ether oxygens (including phenoxy) is 3. The lowest BCUT2D eigenvalue weighted by molar-refractivity contribution is -0.140. The average Bonchev–Trinajstić information content (AvgIpc) is 3.30. The maximum Gasteiger partial charge on any atom is 0.341 e. The zero-order valence-corrected chi connectivity index (χ0v) is 23.1. The third-order valence-corrected chi connectivity index (χ3v) is 7.28.